The van der Waals surface area contributed by atoms with Gasteiger partial charge in [0.2, 0.25) is 0 Å². The van der Waals surface area contributed by atoms with E-state index in [1.165, 1.54) is 0 Å². The highest BCUT2D eigenvalue weighted by atomic mass is 79.9. The van der Waals surface area contributed by atoms with Crippen LogP contribution in [0.4, 0.5) is 0 Å². The molecule has 0 atom stereocenters. The second-order valence-corrected chi connectivity index (χ2v) is 4.48. The second-order valence-electron chi connectivity index (χ2n) is 3.25. The molecular formula is C10H9BrClNO. The summed E-state index contributed by atoms with van der Waals surface area (Å²) in [6.45, 7) is 1.70. The van der Waals surface area contributed by atoms with Crippen molar-refractivity contribution in [2.24, 2.45) is 0 Å². The van der Waals surface area contributed by atoms with Crippen molar-refractivity contribution < 1.29 is 4.79 Å². The predicted octanol–water partition coefficient (Wildman–Crippen LogP) is 2.95. The second kappa shape index (κ2) is 3.91. The predicted molar refractivity (Wildman–Crippen MR) is 59.7 cm³/mol. The summed E-state index contributed by atoms with van der Waals surface area (Å²) in [6, 6.07) is 5.41. The normalized spacial score (nSPS) is 15.1. The first-order valence-corrected chi connectivity index (χ1v) is 5.60. The van der Waals surface area contributed by atoms with Gasteiger partial charge in [-0.15, -0.1) is 0 Å². The Balaban J connectivity index is 2.31. The maximum atomic E-state index is 11.8. The third kappa shape index (κ3) is 1.66. The lowest BCUT2D eigenvalue weighted by Crippen LogP contribution is -2.42. The molecule has 1 aromatic carbocycles. The molecule has 0 aromatic heterocycles. The van der Waals surface area contributed by atoms with Crippen molar-refractivity contribution in [2.45, 2.75) is 6.42 Å². The maximum Gasteiger partial charge on any atom is 0.255 e. The van der Waals surface area contributed by atoms with Crippen LogP contribution in [0.2, 0.25) is 5.02 Å². The number of likely N-dealkylation sites (tertiary alicyclic amines) is 1. The molecular weight excluding hydrogens is 265 g/mol. The van der Waals surface area contributed by atoms with Crippen LogP contribution in [0.5, 0.6) is 0 Å². The molecule has 0 unspecified atom stereocenters. The summed E-state index contributed by atoms with van der Waals surface area (Å²) in [5.41, 5.74) is 0.584. The fourth-order valence-electron chi connectivity index (χ4n) is 1.36. The number of hydrogen-bond acceptors (Lipinski definition) is 1. The summed E-state index contributed by atoms with van der Waals surface area (Å²) in [4.78, 5) is 13.6. The Morgan fingerprint density at radius 2 is 2.14 bits per heavy atom. The molecule has 74 valence electrons. The van der Waals surface area contributed by atoms with Crippen LogP contribution in [0, 0.1) is 0 Å². The van der Waals surface area contributed by atoms with Crippen molar-refractivity contribution in [3.8, 4) is 0 Å². The van der Waals surface area contributed by atoms with Crippen molar-refractivity contribution in [3.05, 3.63) is 33.3 Å². The first-order chi connectivity index (χ1) is 6.70. The van der Waals surface area contributed by atoms with Crippen LogP contribution >= 0.6 is 27.5 Å². The highest BCUT2D eigenvalue weighted by Crippen LogP contribution is 2.27. The number of rotatable bonds is 1. The SMILES string of the molecule is O=C(c1cccc(Br)c1Cl)N1CCC1. The van der Waals surface area contributed by atoms with Crippen molar-refractivity contribution in [3.63, 3.8) is 0 Å². The first kappa shape index (κ1) is 9.99. The molecule has 0 aliphatic carbocycles. The molecule has 0 bridgehead atoms. The van der Waals surface area contributed by atoms with Gasteiger partial charge in [-0.1, -0.05) is 17.7 Å². The van der Waals surface area contributed by atoms with Gasteiger partial charge in [0.25, 0.3) is 5.91 Å². The quantitative estimate of drug-likeness (QED) is 0.771. The summed E-state index contributed by atoms with van der Waals surface area (Å²) in [5.74, 6) is 0.0301. The molecule has 14 heavy (non-hydrogen) atoms. The Morgan fingerprint density at radius 3 is 2.71 bits per heavy atom. The van der Waals surface area contributed by atoms with Crippen LogP contribution in [-0.4, -0.2) is 23.9 Å². The van der Waals surface area contributed by atoms with Gasteiger partial charge < -0.3 is 4.90 Å². The largest absolute Gasteiger partial charge is 0.338 e. The van der Waals surface area contributed by atoms with Gasteiger partial charge in [0.05, 0.1) is 10.6 Å². The molecule has 4 heteroatoms. The number of nitrogens with zero attached hydrogens (tertiary/aromatic N) is 1. The van der Waals surface area contributed by atoms with E-state index in [0.29, 0.717) is 10.6 Å². The molecule has 2 rings (SSSR count). The van der Waals surface area contributed by atoms with Gasteiger partial charge in [-0.05, 0) is 34.5 Å². The van der Waals surface area contributed by atoms with E-state index in [1.54, 1.807) is 11.0 Å². The molecule has 1 fully saturated rings. The Labute approximate surface area is 96.0 Å². The minimum absolute atomic E-state index is 0.0301. The van der Waals surface area contributed by atoms with E-state index in [2.05, 4.69) is 15.9 Å². The zero-order chi connectivity index (χ0) is 10.1. The number of carbonyl (C=O) groups excluding carboxylic acids is 1. The Kier molecular flexibility index (Phi) is 2.79. The molecule has 2 nitrogen and oxygen atoms in total. The average molecular weight is 275 g/mol. The highest BCUT2D eigenvalue weighted by molar-refractivity contribution is 9.10. The lowest BCUT2D eigenvalue weighted by Gasteiger charge is -2.31. The first-order valence-electron chi connectivity index (χ1n) is 4.43. The molecule has 1 heterocycles. The zero-order valence-corrected chi connectivity index (χ0v) is 9.81. The van der Waals surface area contributed by atoms with Gasteiger partial charge in [-0.3, -0.25) is 4.79 Å². The van der Waals surface area contributed by atoms with Crippen LogP contribution in [0.3, 0.4) is 0 Å². The van der Waals surface area contributed by atoms with Gasteiger partial charge in [-0.25, -0.2) is 0 Å². The fraction of sp³-hybridized carbons (Fsp3) is 0.300. The molecule has 0 N–H and O–H groups in total. The van der Waals surface area contributed by atoms with E-state index in [0.717, 1.165) is 24.0 Å². The number of amides is 1. The molecule has 1 aliphatic rings. The van der Waals surface area contributed by atoms with E-state index < -0.39 is 0 Å². The van der Waals surface area contributed by atoms with Gasteiger partial charge in [0, 0.05) is 17.6 Å². The summed E-state index contributed by atoms with van der Waals surface area (Å²) >= 11 is 9.32. The fourth-order valence-corrected chi connectivity index (χ4v) is 1.93. The standard InChI is InChI=1S/C10H9BrClNO/c11-8-4-1-3-7(9(8)12)10(14)13-5-2-6-13/h1,3-4H,2,5-6H2. The Morgan fingerprint density at radius 1 is 1.43 bits per heavy atom. The number of halogens is 2. The van der Waals surface area contributed by atoms with Crippen LogP contribution in [0.15, 0.2) is 22.7 Å². The lowest BCUT2D eigenvalue weighted by atomic mass is 10.1. The monoisotopic (exact) mass is 273 g/mol. The van der Waals surface area contributed by atoms with Crippen molar-refractivity contribution in [1.82, 2.24) is 4.90 Å². The summed E-state index contributed by atoms with van der Waals surface area (Å²) in [7, 11) is 0. The smallest absolute Gasteiger partial charge is 0.255 e. The molecule has 0 spiro atoms. The molecule has 0 radical (unpaired) electrons. The lowest BCUT2D eigenvalue weighted by molar-refractivity contribution is 0.0652. The van der Waals surface area contributed by atoms with Crippen LogP contribution in [0.25, 0.3) is 0 Å². The Bertz CT molecular complexity index is 376. The highest BCUT2D eigenvalue weighted by Gasteiger charge is 2.23. The van der Waals surface area contributed by atoms with Gasteiger partial charge in [0.15, 0.2) is 0 Å². The average Bonchev–Trinajstić information content (AvgIpc) is 2.06. The van der Waals surface area contributed by atoms with E-state index in [-0.39, 0.29) is 5.91 Å². The van der Waals surface area contributed by atoms with Crippen molar-refractivity contribution in [1.29, 1.82) is 0 Å². The maximum absolute atomic E-state index is 11.8. The zero-order valence-electron chi connectivity index (χ0n) is 7.46. The topological polar surface area (TPSA) is 20.3 Å². The molecule has 1 amide bonds. The number of carbonyl (C=O) groups is 1. The Hall–Kier alpha value is -0.540. The summed E-state index contributed by atoms with van der Waals surface area (Å²) < 4.78 is 0.769. The third-order valence-corrected chi connectivity index (χ3v) is 3.62. The van der Waals surface area contributed by atoms with Crippen molar-refractivity contribution in [2.75, 3.05) is 13.1 Å². The summed E-state index contributed by atoms with van der Waals surface area (Å²) in [5, 5.41) is 0.504. The molecule has 1 aromatic rings. The van der Waals surface area contributed by atoms with Crippen LogP contribution < -0.4 is 0 Å². The minimum atomic E-state index is 0.0301. The molecule has 1 saturated heterocycles. The molecule has 1 aliphatic heterocycles. The van der Waals surface area contributed by atoms with Crippen LogP contribution in [0.1, 0.15) is 16.8 Å². The van der Waals surface area contributed by atoms with Crippen LogP contribution in [-0.2, 0) is 0 Å². The van der Waals surface area contributed by atoms with Crippen molar-refractivity contribution >= 4 is 33.4 Å². The van der Waals surface area contributed by atoms with E-state index >= 15 is 0 Å². The third-order valence-electron chi connectivity index (χ3n) is 2.33. The van der Waals surface area contributed by atoms with Gasteiger partial charge >= 0.3 is 0 Å². The van der Waals surface area contributed by atoms with E-state index in [4.69, 9.17) is 11.6 Å². The van der Waals surface area contributed by atoms with E-state index in [9.17, 15) is 4.79 Å². The number of hydrogen-bond donors (Lipinski definition) is 0. The minimum Gasteiger partial charge on any atom is -0.338 e. The molecule has 0 saturated carbocycles. The van der Waals surface area contributed by atoms with Gasteiger partial charge in [0.1, 0.15) is 0 Å². The summed E-state index contributed by atoms with van der Waals surface area (Å²) in [6.07, 6.45) is 1.09. The van der Waals surface area contributed by atoms with E-state index in [1.807, 2.05) is 12.1 Å². The number of benzene rings is 1. The van der Waals surface area contributed by atoms with Gasteiger partial charge in [-0.2, -0.15) is 0 Å².